The summed E-state index contributed by atoms with van der Waals surface area (Å²) in [6, 6.07) is 0.00117. The summed E-state index contributed by atoms with van der Waals surface area (Å²) < 4.78 is 11.0. The van der Waals surface area contributed by atoms with E-state index < -0.39 is 11.7 Å². The molecule has 1 fully saturated rings. The van der Waals surface area contributed by atoms with E-state index in [1.54, 1.807) is 0 Å². The number of hydrogen-bond acceptors (Lipinski definition) is 4. The standard InChI is InChI=1S/C12H23NO3/c1-11(2,3)16-10(14)9-6-8(13)7-12(4,5)15-9/h8-9H,6-7,13H2,1-5H3/t8-,9+/m1/s1. The summed E-state index contributed by atoms with van der Waals surface area (Å²) in [6.45, 7) is 9.43. The lowest BCUT2D eigenvalue weighted by atomic mass is 9.91. The van der Waals surface area contributed by atoms with E-state index in [4.69, 9.17) is 15.2 Å². The Morgan fingerprint density at radius 1 is 1.44 bits per heavy atom. The van der Waals surface area contributed by atoms with Crippen molar-refractivity contribution in [1.82, 2.24) is 0 Å². The van der Waals surface area contributed by atoms with Crippen LogP contribution in [0.3, 0.4) is 0 Å². The van der Waals surface area contributed by atoms with Gasteiger partial charge in [-0.3, -0.25) is 0 Å². The highest BCUT2D eigenvalue weighted by Gasteiger charge is 2.38. The zero-order valence-corrected chi connectivity index (χ0v) is 10.9. The maximum absolute atomic E-state index is 11.8. The molecule has 0 spiro atoms. The molecule has 0 aliphatic carbocycles. The number of hydrogen-bond donors (Lipinski definition) is 1. The van der Waals surface area contributed by atoms with Crippen molar-refractivity contribution in [2.75, 3.05) is 0 Å². The molecule has 0 bridgehead atoms. The van der Waals surface area contributed by atoms with Gasteiger partial charge in [0.25, 0.3) is 0 Å². The summed E-state index contributed by atoms with van der Waals surface area (Å²) in [5.74, 6) is -0.310. The lowest BCUT2D eigenvalue weighted by Gasteiger charge is -2.38. The van der Waals surface area contributed by atoms with Crippen LogP contribution in [0.1, 0.15) is 47.5 Å². The minimum Gasteiger partial charge on any atom is -0.458 e. The van der Waals surface area contributed by atoms with E-state index in [1.807, 2.05) is 34.6 Å². The van der Waals surface area contributed by atoms with Crippen molar-refractivity contribution < 1.29 is 14.3 Å². The Hall–Kier alpha value is -0.610. The average Bonchev–Trinajstić information content (AvgIpc) is 1.96. The largest absolute Gasteiger partial charge is 0.458 e. The lowest BCUT2D eigenvalue weighted by molar-refractivity contribution is -0.187. The molecule has 1 aliphatic rings. The predicted octanol–water partition coefficient (Wildman–Crippen LogP) is 1.61. The van der Waals surface area contributed by atoms with E-state index in [9.17, 15) is 4.79 Å². The second kappa shape index (κ2) is 4.34. The molecule has 2 atom stereocenters. The fourth-order valence-corrected chi connectivity index (χ4v) is 1.98. The van der Waals surface area contributed by atoms with E-state index >= 15 is 0 Å². The number of nitrogens with two attached hydrogens (primary N) is 1. The molecule has 16 heavy (non-hydrogen) atoms. The third-order valence-electron chi connectivity index (χ3n) is 2.40. The third kappa shape index (κ3) is 4.10. The zero-order chi connectivity index (χ0) is 12.6. The fourth-order valence-electron chi connectivity index (χ4n) is 1.98. The molecule has 1 saturated heterocycles. The molecule has 0 aromatic rings. The van der Waals surface area contributed by atoms with E-state index in [0.29, 0.717) is 6.42 Å². The number of carbonyl (C=O) groups excluding carboxylic acids is 1. The first-order chi connectivity index (χ1) is 7.09. The second-order valence-electron chi connectivity index (χ2n) is 6.10. The van der Waals surface area contributed by atoms with Crippen LogP contribution in [-0.4, -0.2) is 29.3 Å². The van der Waals surface area contributed by atoms with Crippen LogP contribution in [0.15, 0.2) is 0 Å². The molecule has 0 aromatic carbocycles. The Morgan fingerprint density at radius 3 is 2.44 bits per heavy atom. The Morgan fingerprint density at radius 2 is 2.00 bits per heavy atom. The molecule has 1 aliphatic heterocycles. The summed E-state index contributed by atoms with van der Waals surface area (Å²) in [5.41, 5.74) is 5.09. The van der Waals surface area contributed by atoms with Crippen LogP contribution in [-0.2, 0) is 14.3 Å². The van der Waals surface area contributed by atoms with E-state index in [2.05, 4.69) is 0 Å². The maximum atomic E-state index is 11.8. The second-order valence-corrected chi connectivity index (χ2v) is 6.10. The van der Waals surface area contributed by atoms with E-state index in [0.717, 1.165) is 6.42 Å². The molecule has 1 rings (SSSR count). The van der Waals surface area contributed by atoms with Crippen molar-refractivity contribution >= 4 is 5.97 Å². The first-order valence-corrected chi connectivity index (χ1v) is 5.75. The Labute approximate surface area is 97.5 Å². The quantitative estimate of drug-likeness (QED) is 0.694. The molecule has 2 N–H and O–H groups in total. The smallest absolute Gasteiger partial charge is 0.335 e. The van der Waals surface area contributed by atoms with Gasteiger partial charge in [-0.2, -0.15) is 0 Å². The molecule has 0 aromatic heterocycles. The van der Waals surface area contributed by atoms with Crippen LogP contribution in [0, 0.1) is 0 Å². The normalized spacial score (nSPS) is 29.9. The van der Waals surface area contributed by atoms with Gasteiger partial charge in [0.05, 0.1) is 5.60 Å². The van der Waals surface area contributed by atoms with Gasteiger partial charge in [0.1, 0.15) is 5.60 Å². The van der Waals surface area contributed by atoms with Gasteiger partial charge in [-0.05, 0) is 47.5 Å². The molecule has 4 nitrogen and oxygen atoms in total. The minimum absolute atomic E-state index is 0.00117. The number of carbonyl (C=O) groups is 1. The molecule has 0 saturated carbocycles. The topological polar surface area (TPSA) is 61.5 Å². The molecule has 1 heterocycles. The lowest BCUT2D eigenvalue weighted by Crippen LogP contribution is -2.49. The van der Waals surface area contributed by atoms with Crippen molar-refractivity contribution in [3.8, 4) is 0 Å². The average molecular weight is 229 g/mol. The van der Waals surface area contributed by atoms with Crippen LogP contribution in [0.2, 0.25) is 0 Å². The summed E-state index contributed by atoms with van der Waals surface area (Å²) in [5, 5.41) is 0. The van der Waals surface area contributed by atoms with E-state index in [1.165, 1.54) is 0 Å². The molecule has 94 valence electrons. The number of rotatable bonds is 1. The van der Waals surface area contributed by atoms with Gasteiger partial charge in [-0.15, -0.1) is 0 Å². The minimum atomic E-state index is -0.530. The van der Waals surface area contributed by atoms with Crippen molar-refractivity contribution in [3.05, 3.63) is 0 Å². The fraction of sp³-hybridized carbons (Fsp3) is 0.917. The first-order valence-electron chi connectivity index (χ1n) is 5.75. The zero-order valence-electron chi connectivity index (χ0n) is 10.9. The summed E-state index contributed by atoms with van der Waals surface area (Å²) in [6.07, 6.45) is 0.781. The number of ether oxygens (including phenoxy) is 2. The molecule has 4 heteroatoms. The van der Waals surface area contributed by atoms with Gasteiger partial charge in [0, 0.05) is 6.04 Å². The van der Waals surface area contributed by atoms with Gasteiger partial charge in [-0.1, -0.05) is 0 Å². The van der Waals surface area contributed by atoms with Crippen molar-refractivity contribution in [1.29, 1.82) is 0 Å². The highest BCUT2D eigenvalue weighted by atomic mass is 16.6. The first kappa shape index (κ1) is 13.5. The molecular formula is C12H23NO3. The summed E-state index contributed by atoms with van der Waals surface area (Å²) in [7, 11) is 0. The van der Waals surface area contributed by atoms with Gasteiger partial charge in [0.15, 0.2) is 6.10 Å². The van der Waals surface area contributed by atoms with E-state index in [-0.39, 0.29) is 17.6 Å². The Kier molecular flexibility index (Phi) is 3.65. The highest BCUT2D eigenvalue weighted by Crippen LogP contribution is 2.28. The SMILES string of the molecule is CC(C)(C)OC(=O)[C@@H]1C[C@@H](N)CC(C)(C)O1. The monoisotopic (exact) mass is 229 g/mol. The predicted molar refractivity (Wildman–Crippen MR) is 62.0 cm³/mol. The van der Waals surface area contributed by atoms with Gasteiger partial charge in [-0.25, -0.2) is 4.79 Å². The Balaban J connectivity index is 2.63. The van der Waals surface area contributed by atoms with Crippen molar-refractivity contribution in [2.45, 2.75) is 70.8 Å². The maximum Gasteiger partial charge on any atom is 0.335 e. The van der Waals surface area contributed by atoms with Crippen LogP contribution < -0.4 is 5.73 Å². The molecule has 0 amide bonds. The molecule has 0 radical (unpaired) electrons. The third-order valence-corrected chi connectivity index (χ3v) is 2.40. The van der Waals surface area contributed by atoms with Gasteiger partial charge < -0.3 is 15.2 Å². The van der Waals surface area contributed by atoms with Gasteiger partial charge >= 0.3 is 5.97 Å². The van der Waals surface area contributed by atoms with Crippen LogP contribution in [0.4, 0.5) is 0 Å². The van der Waals surface area contributed by atoms with Crippen molar-refractivity contribution in [3.63, 3.8) is 0 Å². The number of esters is 1. The summed E-state index contributed by atoms with van der Waals surface area (Å²) in [4.78, 5) is 11.8. The summed E-state index contributed by atoms with van der Waals surface area (Å²) >= 11 is 0. The van der Waals surface area contributed by atoms with Gasteiger partial charge in [0.2, 0.25) is 0 Å². The highest BCUT2D eigenvalue weighted by molar-refractivity contribution is 5.75. The molecular weight excluding hydrogens is 206 g/mol. The van der Waals surface area contributed by atoms with Crippen LogP contribution in [0.25, 0.3) is 0 Å². The Bertz CT molecular complexity index is 268. The van der Waals surface area contributed by atoms with Crippen molar-refractivity contribution in [2.24, 2.45) is 5.73 Å². The molecule has 0 unspecified atom stereocenters. The van der Waals surface area contributed by atoms with Crippen LogP contribution >= 0.6 is 0 Å². The van der Waals surface area contributed by atoms with Crippen LogP contribution in [0.5, 0.6) is 0 Å².